The van der Waals surface area contributed by atoms with Crippen LogP contribution in [0.4, 0.5) is 0 Å². The molecule has 1 aliphatic rings. The topological polar surface area (TPSA) is 83.8 Å². The van der Waals surface area contributed by atoms with Crippen LogP contribution in [-0.2, 0) is 14.3 Å². The number of hydrogen-bond acceptors (Lipinski definition) is 4. The van der Waals surface area contributed by atoms with Gasteiger partial charge in [0.2, 0.25) is 0 Å². The molecule has 0 aliphatic carbocycles. The Morgan fingerprint density at radius 1 is 1.39 bits per heavy atom. The Hall–Kier alpha value is -1.62. The van der Waals surface area contributed by atoms with Gasteiger partial charge in [-0.05, 0) is 31.8 Å². The summed E-state index contributed by atoms with van der Waals surface area (Å²) in [6.45, 7) is 7.66. The number of ether oxygens (including phenoxy) is 1. The Kier molecular flexibility index (Phi) is 7.49. The SMILES string of the molecule is CCCC[C@@H](C)CC(C)=CC(C)=C(C(=O)O)[C@@H]1OC(=O)[C@@H]1CO. The van der Waals surface area contributed by atoms with Crippen LogP contribution in [0.2, 0.25) is 0 Å². The van der Waals surface area contributed by atoms with Crippen LogP contribution in [0.25, 0.3) is 0 Å². The van der Waals surface area contributed by atoms with Gasteiger partial charge in [0, 0.05) is 0 Å². The van der Waals surface area contributed by atoms with Crippen molar-refractivity contribution in [3.63, 3.8) is 0 Å². The van der Waals surface area contributed by atoms with Gasteiger partial charge in [-0.15, -0.1) is 0 Å². The van der Waals surface area contributed by atoms with Crippen molar-refractivity contribution < 1.29 is 24.5 Å². The predicted molar refractivity (Wildman–Crippen MR) is 87.9 cm³/mol. The van der Waals surface area contributed by atoms with E-state index in [4.69, 9.17) is 4.74 Å². The van der Waals surface area contributed by atoms with Gasteiger partial charge in [0.15, 0.2) is 0 Å². The number of carbonyl (C=O) groups excluding carboxylic acids is 1. The van der Waals surface area contributed by atoms with Gasteiger partial charge in [-0.3, -0.25) is 4.79 Å². The van der Waals surface area contributed by atoms with E-state index in [1.165, 1.54) is 12.8 Å². The zero-order chi connectivity index (χ0) is 17.6. The van der Waals surface area contributed by atoms with Crippen LogP contribution >= 0.6 is 0 Å². The number of carboxylic acid groups (broad SMARTS) is 1. The quantitative estimate of drug-likeness (QED) is 0.387. The maximum Gasteiger partial charge on any atom is 0.335 e. The summed E-state index contributed by atoms with van der Waals surface area (Å²) in [5.41, 5.74) is 1.74. The Morgan fingerprint density at radius 3 is 2.52 bits per heavy atom. The van der Waals surface area contributed by atoms with Gasteiger partial charge in [-0.2, -0.15) is 0 Å². The van der Waals surface area contributed by atoms with Crippen LogP contribution in [0.1, 0.15) is 53.4 Å². The normalized spacial score (nSPS) is 23.7. The fourth-order valence-corrected chi connectivity index (χ4v) is 3.00. The third-order valence-electron chi connectivity index (χ3n) is 4.23. The lowest BCUT2D eigenvalue weighted by Crippen LogP contribution is -2.49. The molecule has 0 radical (unpaired) electrons. The third kappa shape index (κ3) is 5.20. The Bertz CT molecular complexity index is 504. The van der Waals surface area contributed by atoms with E-state index >= 15 is 0 Å². The number of aliphatic carboxylic acids is 1. The highest BCUT2D eigenvalue weighted by molar-refractivity contribution is 5.93. The van der Waals surface area contributed by atoms with E-state index in [-0.39, 0.29) is 5.57 Å². The summed E-state index contributed by atoms with van der Waals surface area (Å²) < 4.78 is 4.94. The van der Waals surface area contributed by atoms with Gasteiger partial charge in [-0.1, -0.05) is 44.8 Å². The summed E-state index contributed by atoms with van der Waals surface area (Å²) in [5, 5.41) is 18.6. The van der Waals surface area contributed by atoms with Crippen molar-refractivity contribution in [3.8, 4) is 0 Å². The molecule has 5 nitrogen and oxygen atoms in total. The Labute approximate surface area is 138 Å². The maximum absolute atomic E-state index is 11.5. The molecule has 0 spiro atoms. The zero-order valence-corrected chi connectivity index (χ0v) is 14.5. The molecule has 1 aliphatic heterocycles. The molecule has 1 heterocycles. The van der Waals surface area contributed by atoms with Crippen LogP contribution in [0.5, 0.6) is 0 Å². The first-order valence-corrected chi connectivity index (χ1v) is 8.24. The first kappa shape index (κ1) is 19.4. The second-order valence-corrected chi connectivity index (χ2v) is 6.49. The van der Waals surface area contributed by atoms with E-state index < -0.39 is 30.6 Å². The van der Waals surface area contributed by atoms with E-state index in [0.717, 1.165) is 18.4 Å². The van der Waals surface area contributed by atoms with Crippen molar-refractivity contribution in [2.24, 2.45) is 11.8 Å². The Balaban J connectivity index is 2.88. The molecule has 23 heavy (non-hydrogen) atoms. The van der Waals surface area contributed by atoms with Crippen molar-refractivity contribution >= 4 is 11.9 Å². The molecule has 3 atom stereocenters. The average Bonchev–Trinajstić information content (AvgIpc) is 2.44. The van der Waals surface area contributed by atoms with Crippen LogP contribution in [-0.4, -0.2) is 34.9 Å². The Morgan fingerprint density at radius 2 is 2.04 bits per heavy atom. The van der Waals surface area contributed by atoms with E-state index in [2.05, 4.69) is 13.8 Å². The molecule has 0 aromatic rings. The highest BCUT2D eigenvalue weighted by Gasteiger charge is 2.46. The molecule has 0 amide bonds. The highest BCUT2D eigenvalue weighted by Crippen LogP contribution is 2.31. The van der Waals surface area contributed by atoms with Crippen molar-refractivity contribution in [2.45, 2.75) is 59.5 Å². The first-order chi connectivity index (χ1) is 10.8. The second kappa shape index (κ2) is 8.87. The fourth-order valence-electron chi connectivity index (χ4n) is 3.00. The van der Waals surface area contributed by atoms with E-state index in [1.54, 1.807) is 6.92 Å². The monoisotopic (exact) mass is 324 g/mol. The van der Waals surface area contributed by atoms with Crippen molar-refractivity contribution in [2.75, 3.05) is 6.61 Å². The number of aliphatic hydroxyl groups is 1. The molecule has 2 N–H and O–H groups in total. The summed E-state index contributed by atoms with van der Waals surface area (Å²) in [6, 6.07) is 0. The first-order valence-electron chi connectivity index (χ1n) is 8.24. The molecule has 5 heteroatoms. The molecule has 0 aromatic heterocycles. The minimum absolute atomic E-state index is 0.0595. The number of cyclic esters (lactones) is 1. The lowest BCUT2D eigenvalue weighted by atomic mass is 9.87. The predicted octanol–water partition coefficient (Wildman–Crippen LogP) is 3.08. The maximum atomic E-state index is 11.5. The van der Waals surface area contributed by atoms with Gasteiger partial charge in [-0.25, -0.2) is 4.79 Å². The van der Waals surface area contributed by atoms with Crippen molar-refractivity contribution in [3.05, 3.63) is 22.8 Å². The summed E-state index contributed by atoms with van der Waals surface area (Å²) in [4.78, 5) is 22.8. The van der Waals surface area contributed by atoms with Gasteiger partial charge in [0.25, 0.3) is 0 Å². The molecule has 1 saturated heterocycles. The van der Waals surface area contributed by atoms with Crippen molar-refractivity contribution in [1.29, 1.82) is 0 Å². The van der Waals surface area contributed by atoms with Crippen LogP contribution < -0.4 is 0 Å². The molecular weight excluding hydrogens is 296 g/mol. The van der Waals surface area contributed by atoms with E-state index in [0.29, 0.717) is 11.5 Å². The van der Waals surface area contributed by atoms with Crippen LogP contribution in [0, 0.1) is 11.8 Å². The molecule has 1 fully saturated rings. The molecule has 0 saturated carbocycles. The smallest absolute Gasteiger partial charge is 0.335 e. The van der Waals surface area contributed by atoms with Gasteiger partial charge in [0.1, 0.15) is 12.0 Å². The lowest BCUT2D eigenvalue weighted by Gasteiger charge is -2.34. The van der Waals surface area contributed by atoms with Crippen LogP contribution in [0.3, 0.4) is 0 Å². The molecule has 0 aromatic carbocycles. The fraction of sp³-hybridized carbons (Fsp3) is 0.667. The standard InChI is InChI=1S/C18H28O5/c1-5-6-7-11(2)8-12(3)9-13(4)15(17(20)21)16-14(10-19)18(22)23-16/h9,11,14,16,19H,5-8,10H2,1-4H3,(H,20,21)/t11-,14-,16-/m1/s1. The lowest BCUT2D eigenvalue weighted by molar-refractivity contribution is -0.183. The number of allylic oxidation sites excluding steroid dienone is 3. The number of rotatable bonds is 9. The van der Waals surface area contributed by atoms with Crippen molar-refractivity contribution in [1.82, 2.24) is 0 Å². The summed E-state index contributed by atoms with van der Waals surface area (Å²) in [6.07, 6.45) is 5.43. The van der Waals surface area contributed by atoms with Gasteiger partial charge < -0.3 is 14.9 Å². The number of esters is 1. The number of unbranched alkanes of at least 4 members (excludes halogenated alkanes) is 1. The molecule has 130 valence electrons. The zero-order valence-electron chi connectivity index (χ0n) is 14.5. The number of hydrogen-bond donors (Lipinski definition) is 2. The third-order valence-corrected chi connectivity index (χ3v) is 4.23. The van der Waals surface area contributed by atoms with E-state index in [9.17, 15) is 19.8 Å². The van der Waals surface area contributed by atoms with Gasteiger partial charge >= 0.3 is 11.9 Å². The molecule has 0 unspecified atom stereocenters. The average molecular weight is 324 g/mol. The largest absolute Gasteiger partial charge is 0.478 e. The second-order valence-electron chi connectivity index (χ2n) is 6.49. The summed E-state index contributed by atoms with van der Waals surface area (Å²) in [7, 11) is 0. The molecule has 1 rings (SSSR count). The number of aliphatic hydroxyl groups excluding tert-OH is 1. The highest BCUT2D eigenvalue weighted by atomic mass is 16.6. The summed E-state index contributed by atoms with van der Waals surface area (Å²) >= 11 is 0. The minimum atomic E-state index is -1.11. The molecule has 0 bridgehead atoms. The number of carbonyl (C=O) groups is 2. The number of carboxylic acids is 1. The minimum Gasteiger partial charge on any atom is -0.478 e. The summed E-state index contributed by atoms with van der Waals surface area (Å²) in [5.74, 6) is -1.87. The molecular formula is C18H28O5. The van der Waals surface area contributed by atoms with Gasteiger partial charge in [0.05, 0.1) is 12.2 Å². The van der Waals surface area contributed by atoms with E-state index in [1.807, 2.05) is 13.0 Å². The van der Waals surface area contributed by atoms with Crippen LogP contribution in [0.15, 0.2) is 22.8 Å².